The number of benzene rings is 1. The Kier molecular flexibility index (Phi) is 4.28. The molecule has 9 rings (SSSR count). The maximum absolute atomic E-state index is 12.6. The van der Waals surface area contributed by atoms with Crippen LogP contribution in [0.3, 0.4) is 0 Å². The fourth-order valence-corrected chi connectivity index (χ4v) is 10.7. The molecule has 8 nitrogen and oxygen atoms in total. The number of hydrogen-bond acceptors (Lipinski definition) is 6. The van der Waals surface area contributed by atoms with Gasteiger partial charge in [0.1, 0.15) is 11.7 Å². The van der Waals surface area contributed by atoms with Gasteiger partial charge in [-0.1, -0.05) is 6.07 Å². The number of likely N-dealkylation sites (tertiary alicyclic amines) is 1. The largest absolute Gasteiger partial charge is 0.504 e. The molecule has 2 aliphatic heterocycles. The zero-order valence-electron chi connectivity index (χ0n) is 21.8. The third-order valence-electron chi connectivity index (χ3n) is 11.7. The van der Waals surface area contributed by atoms with Gasteiger partial charge in [-0.15, -0.1) is 0 Å². The third-order valence-corrected chi connectivity index (χ3v) is 11.7. The van der Waals surface area contributed by atoms with E-state index in [1.807, 2.05) is 6.07 Å². The summed E-state index contributed by atoms with van der Waals surface area (Å²) in [5, 5.41) is 16.7. The van der Waals surface area contributed by atoms with Gasteiger partial charge < -0.3 is 25.2 Å². The van der Waals surface area contributed by atoms with E-state index < -0.39 is 5.60 Å². The molecule has 1 aromatic rings. The molecule has 5 saturated carbocycles. The number of aromatic hydroxyl groups is 1. The van der Waals surface area contributed by atoms with Crippen LogP contribution in [0.15, 0.2) is 12.1 Å². The molecule has 2 amide bonds. The zero-order valence-corrected chi connectivity index (χ0v) is 21.8. The molecule has 198 valence electrons. The van der Waals surface area contributed by atoms with Gasteiger partial charge in [-0.05, 0) is 62.5 Å². The van der Waals surface area contributed by atoms with Crippen LogP contribution in [0, 0.1) is 22.7 Å². The van der Waals surface area contributed by atoms with E-state index >= 15 is 0 Å². The van der Waals surface area contributed by atoms with Crippen molar-refractivity contribution in [2.24, 2.45) is 22.7 Å². The summed E-state index contributed by atoms with van der Waals surface area (Å²) in [6.07, 6.45) is 7.71. The second-order valence-corrected chi connectivity index (χ2v) is 13.3. The summed E-state index contributed by atoms with van der Waals surface area (Å²) in [5.41, 5.74) is 2.27. The van der Waals surface area contributed by atoms with E-state index in [-0.39, 0.29) is 52.4 Å². The highest BCUT2D eigenvalue weighted by molar-refractivity contribution is 5.83. The summed E-state index contributed by atoms with van der Waals surface area (Å²) >= 11 is 0. The van der Waals surface area contributed by atoms with Crippen molar-refractivity contribution in [1.82, 2.24) is 15.5 Å². The van der Waals surface area contributed by atoms with Crippen molar-refractivity contribution in [3.8, 4) is 11.5 Å². The number of rotatable bonds is 7. The number of nitrogens with one attached hydrogen (secondary N) is 2. The smallest absolute Gasteiger partial charge is 0.239 e. The number of nitrogens with zero attached hydrogens (tertiary/aromatic N) is 1. The van der Waals surface area contributed by atoms with Gasteiger partial charge in [-0.2, -0.15) is 0 Å². The van der Waals surface area contributed by atoms with Gasteiger partial charge in [0.2, 0.25) is 11.8 Å². The highest BCUT2D eigenvalue weighted by Crippen LogP contribution is 2.83. The molecule has 0 radical (unpaired) electrons. The number of methoxy groups -OCH3 is 1. The summed E-state index contributed by atoms with van der Waals surface area (Å²) in [5.74, 6) is 1.49. The maximum Gasteiger partial charge on any atom is 0.239 e. The third kappa shape index (κ3) is 2.53. The maximum atomic E-state index is 12.6. The topological polar surface area (TPSA) is 100 Å². The molecule has 6 fully saturated rings. The standard InChI is InChI=1S/C29H37N3O5/c1-16(33)30-12-21(35)31-11-19-10-27-7-8-29(19,36-2)25-28(27)14-26(15-32(24(26)27)13-17-3-4-17)9-18-5-6-20(34)23(37-25)22(18)28/h5-6,17,19,24-25,34H,3-4,7-15H2,1-2H3,(H,30,33)(H,31,35). The Bertz CT molecular complexity index is 1230. The lowest BCUT2D eigenvalue weighted by Crippen LogP contribution is -2.77. The number of phenols is 1. The fourth-order valence-electron chi connectivity index (χ4n) is 10.7. The van der Waals surface area contributed by atoms with Gasteiger partial charge >= 0.3 is 0 Å². The van der Waals surface area contributed by atoms with E-state index in [2.05, 4.69) is 21.6 Å². The lowest BCUT2D eigenvalue weighted by atomic mass is 9.40. The molecule has 0 aromatic heterocycles. The van der Waals surface area contributed by atoms with E-state index in [1.54, 1.807) is 7.11 Å². The Labute approximate surface area is 217 Å². The summed E-state index contributed by atoms with van der Waals surface area (Å²) in [6, 6.07) is 4.50. The minimum Gasteiger partial charge on any atom is -0.504 e. The minimum absolute atomic E-state index is 0.0133. The van der Waals surface area contributed by atoms with Crippen LogP contribution in [0.5, 0.6) is 11.5 Å². The number of phenolic OH excluding ortho intramolecular Hbond substituents is 1. The summed E-state index contributed by atoms with van der Waals surface area (Å²) in [4.78, 5) is 26.7. The molecular formula is C29H37N3O5. The van der Waals surface area contributed by atoms with Crippen LogP contribution in [0.4, 0.5) is 0 Å². The molecule has 8 heteroatoms. The van der Waals surface area contributed by atoms with Crippen LogP contribution < -0.4 is 15.4 Å². The van der Waals surface area contributed by atoms with Gasteiger partial charge in [0.25, 0.3) is 0 Å². The van der Waals surface area contributed by atoms with Crippen molar-refractivity contribution in [1.29, 1.82) is 0 Å². The Balaban J connectivity index is 1.23. The van der Waals surface area contributed by atoms with Crippen molar-refractivity contribution in [3.05, 3.63) is 23.3 Å². The highest BCUT2D eigenvalue weighted by Gasteiger charge is 2.87. The molecule has 37 heavy (non-hydrogen) atoms. The van der Waals surface area contributed by atoms with Gasteiger partial charge in [-0.3, -0.25) is 14.5 Å². The van der Waals surface area contributed by atoms with E-state index in [9.17, 15) is 14.7 Å². The number of carbonyl (C=O) groups is 2. The number of fused-ring (bicyclic) bond motifs is 2. The van der Waals surface area contributed by atoms with Crippen LogP contribution in [-0.2, 0) is 26.2 Å². The monoisotopic (exact) mass is 507 g/mol. The number of carbonyl (C=O) groups excluding carboxylic acids is 2. The lowest BCUT2D eigenvalue weighted by Gasteiger charge is -2.68. The van der Waals surface area contributed by atoms with Crippen molar-refractivity contribution in [2.75, 3.05) is 33.3 Å². The number of amides is 2. The Morgan fingerprint density at radius 2 is 2.08 bits per heavy atom. The predicted molar refractivity (Wildman–Crippen MR) is 134 cm³/mol. The van der Waals surface area contributed by atoms with Crippen LogP contribution in [-0.4, -0.2) is 72.9 Å². The zero-order chi connectivity index (χ0) is 25.4. The van der Waals surface area contributed by atoms with Gasteiger partial charge in [0.05, 0.1) is 6.54 Å². The number of ether oxygens (including phenoxy) is 2. The first-order valence-electron chi connectivity index (χ1n) is 14.1. The van der Waals surface area contributed by atoms with E-state index in [0.29, 0.717) is 18.3 Å². The highest BCUT2D eigenvalue weighted by atomic mass is 16.6. The molecule has 6 aliphatic carbocycles. The molecule has 2 heterocycles. The first-order valence-corrected chi connectivity index (χ1v) is 14.1. The number of hydrogen-bond donors (Lipinski definition) is 3. The SMILES string of the molecule is COC12CCC3(CC1CNC(=O)CNC(C)=O)C1N(CC4CC4)CC14Cc1ccc(O)c5c1C3(C4)C2O5. The lowest BCUT2D eigenvalue weighted by molar-refractivity contribution is -0.251. The van der Waals surface area contributed by atoms with Crippen molar-refractivity contribution < 1.29 is 24.2 Å². The second-order valence-electron chi connectivity index (χ2n) is 13.3. The van der Waals surface area contributed by atoms with E-state index in [4.69, 9.17) is 9.47 Å². The first-order chi connectivity index (χ1) is 17.8. The second kappa shape index (κ2) is 7.00. The van der Waals surface area contributed by atoms with Crippen molar-refractivity contribution in [3.63, 3.8) is 0 Å². The first kappa shape index (κ1) is 22.6. The Hall–Kier alpha value is -2.32. The predicted octanol–water partition coefficient (Wildman–Crippen LogP) is 1.87. The van der Waals surface area contributed by atoms with E-state index in [1.165, 1.54) is 37.4 Å². The average molecular weight is 508 g/mol. The molecule has 1 aromatic carbocycles. The molecule has 7 atom stereocenters. The van der Waals surface area contributed by atoms with Gasteiger partial charge in [-0.25, -0.2) is 0 Å². The fraction of sp³-hybridized carbons (Fsp3) is 0.724. The van der Waals surface area contributed by atoms with Crippen LogP contribution in [0.2, 0.25) is 0 Å². The Morgan fingerprint density at radius 1 is 1.24 bits per heavy atom. The van der Waals surface area contributed by atoms with Gasteiger partial charge in [0, 0.05) is 67.4 Å². The quantitative estimate of drug-likeness (QED) is 0.521. The van der Waals surface area contributed by atoms with E-state index in [0.717, 1.165) is 44.6 Å². The molecule has 3 spiro atoms. The molecule has 8 aliphatic rings. The molecule has 1 saturated heterocycles. The minimum atomic E-state index is -0.532. The molecular weight excluding hydrogens is 470 g/mol. The van der Waals surface area contributed by atoms with Crippen LogP contribution in [0.1, 0.15) is 56.6 Å². The normalized spacial score (nSPS) is 43.5. The molecule has 4 bridgehead atoms. The summed E-state index contributed by atoms with van der Waals surface area (Å²) < 4.78 is 13.4. The van der Waals surface area contributed by atoms with Gasteiger partial charge in [0.15, 0.2) is 11.5 Å². The average Bonchev–Trinajstić information content (AvgIpc) is 3.58. The van der Waals surface area contributed by atoms with Crippen LogP contribution >= 0.6 is 0 Å². The summed E-state index contributed by atoms with van der Waals surface area (Å²) in [6.45, 7) is 4.28. The summed E-state index contributed by atoms with van der Waals surface area (Å²) in [7, 11) is 1.80. The van der Waals surface area contributed by atoms with Crippen molar-refractivity contribution >= 4 is 11.8 Å². The van der Waals surface area contributed by atoms with Crippen LogP contribution in [0.25, 0.3) is 0 Å². The van der Waals surface area contributed by atoms with Crippen molar-refractivity contribution in [2.45, 2.75) is 75.0 Å². The molecule has 3 N–H and O–H groups in total. The Morgan fingerprint density at radius 3 is 2.84 bits per heavy atom. The molecule has 7 unspecified atom stereocenters.